The zero-order valence-electron chi connectivity index (χ0n) is 65.2. The Bertz CT molecular complexity index is 5890. The highest BCUT2D eigenvalue weighted by molar-refractivity contribution is 6.09. The summed E-state index contributed by atoms with van der Waals surface area (Å²) in [5.41, 5.74) is 1.28. The number of pyridine rings is 1. The molecule has 79 heavy (non-hydrogen) atoms. The Hall–Kier alpha value is -10.4. The van der Waals surface area contributed by atoms with Gasteiger partial charge in [0.05, 0.1) is 58.1 Å². The topological polar surface area (TPSA) is 35.9 Å². The minimum absolute atomic E-state index is 0.0727. The minimum Gasteiger partial charge on any atom is -0.458 e. The molecule has 0 bridgehead atoms. The van der Waals surface area contributed by atoms with E-state index < -0.39 is 150 Å². The lowest BCUT2D eigenvalue weighted by Crippen LogP contribution is -2.32. The van der Waals surface area contributed by atoms with Crippen molar-refractivity contribution < 1.29 is 42.2 Å². The van der Waals surface area contributed by atoms with Gasteiger partial charge in [0.2, 0.25) is 0 Å². The highest BCUT2D eigenvalue weighted by Crippen LogP contribution is 2.47. The summed E-state index contributed by atoms with van der Waals surface area (Å²) in [5, 5.41) is 1.49. The number of ether oxygens (including phenoxy) is 1. The van der Waals surface area contributed by atoms with Crippen molar-refractivity contribution in [2.24, 2.45) is 0 Å². The Morgan fingerprint density at radius 3 is 1.75 bits per heavy atom. The second-order valence-electron chi connectivity index (χ2n) is 18.7. The molecule has 15 rings (SSSR count). The average Bonchev–Trinajstić information content (AvgIpc) is 1.71. The van der Waals surface area contributed by atoms with Crippen molar-refractivity contribution in [3.8, 4) is 107 Å². The molecule has 0 atom stereocenters. The highest BCUT2D eigenvalue weighted by atomic mass is 16.5. The number of benzene rings is 11. The zero-order chi connectivity index (χ0) is 73.2. The van der Waals surface area contributed by atoms with E-state index in [4.69, 9.17) is 33.0 Å². The molecule has 14 aromatic rings. The van der Waals surface area contributed by atoms with Gasteiger partial charge in [-0.15, -0.1) is 0 Å². The summed E-state index contributed by atoms with van der Waals surface area (Å²) in [4.78, 5) is 4.72. The molecule has 372 valence electrons. The lowest BCUT2D eigenvalue weighted by atomic mass is 9.86. The number of nitrogens with zero attached hydrogens (tertiary/aromatic N) is 4. The fraction of sp³-hybridized carbons (Fsp3) is 0.0270. The van der Waals surface area contributed by atoms with E-state index in [0.717, 1.165) is 10.8 Å². The van der Waals surface area contributed by atoms with E-state index in [-0.39, 0.29) is 44.9 Å². The largest absolute Gasteiger partial charge is 0.458 e. The SMILES string of the molecule is [2H]c1c([2H])c([2H])c(-c2cnc(-n3c4ccccc4c4ccc(Oc5cccc(-n6[c-][n+]7c8c(cccc86)-c6ccccc6-c6ccccc6-c6cc(C([2H])([2H])[2H])cc(-c8c([2H])c(-c9c([2H])c([2H])c([2H])c([2H])c9[2H])c([2H])c(-c9c([2H])c([2H])c([2H])c([2H])c9[2H])c8[2H])c6-7)c5)cc43)cc2C([2H])([2H])[2H])c([2H])c1[2H]. The second-order valence-corrected chi connectivity index (χ2v) is 18.7. The summed E-state index contributed by atoms with van der Waals surface area (Å²) < 4.78 is 227. The van der Waals surface area contributed by atoms with Gasteiger partial charge in [-0.2, -0.15) is 0 Å². The Morgan fingerprint density at radius 1 is 0.456 bits per heavy atom. The van der Waals surface area contributed by atoms with E-state index in [1.807, 2.05) is 84.9 Å². The Kier molecular flexibility index (Phi) is 6.55. The Balaban J connectivity index is 0.977. The third-order valence-electron chi connectivity index (χ3n) is 14.1. The second kappa shape index (κ2) is 18.7. The van der Waals surface area contributed by atoms with Crippen LogP contribution in [0.1, 0.15) is 44.0 Å². The molecule has 0 spiro atoms. The predicted molar refractivity (Wildman–Crippen MR) is 323 cm³/mol. The summed E-state index contributed by atoms with van der Waals surface area (Å²) in [6, 6.07) is 29.9. The van der Waals surface area contributed by atoms with Crippen molar-refractivity contribution >= 4 is 32.8 Å². The van der Waals surface area contributed by atoms with Gasteiger partial charge in [0.1, 0.15) is 17.3 Å². The van der Waals surface area contributed by atoms with Crippen molar-refractivity contribution in [3.63, 3.8) is 0 Å². The molecule has 11 aromatic carbocycles. The number of aryl methyl sites for hydroxylation is 2. The molecule has 1 aliphatic rings. The standard InChI is InChI=1S/C74H50N4O/c1-48-38-66(55-42-53(50-20-6-3-7-21-50)41-54(43-55)51-22-8-4-9-23-51)73-67(39-48)62-31-15-13-29-60(62)59-28-12-14-30-61(59)65-33-19-35-70-74(65)77(73)47-76(70)56-26-18-27-57(44-56)79-58-36-37-64-63-32-16-17-34-69(63)78(71(64)45-58)72-40-49(2)68(46-75-72)52-24-10-5-11-25-52/h3-46H,1-2H3/i1D3,2D3,3D,4D,5D,6D,7D,8D,9D,10D,11D,20D,21D,22D,23D,24D,25D,41D,42D,43D. The molecule has 3 aromatic heterocycles. The van der Waals surface area contributed by atoms with Crippen LogP contribution in [-0.4, -0.2) is 14.1 Å². The van der Waals surface area contributed by atoms with Gasteiger partial charge in [-0.05, 0) is 152 Å². The molecule has 0 fully saturated rings. The van der Waals surface area contributed by atoms with Crippen LogP contribution in [0, 0.1) is 20.0 Å². The number of aromatic nitrogens is 4. The van der Waals surface area contributed by atoms with Crippen LogP contribution in [0.2, 0.25) is 0 Å². The van der Waals surface area contributed by atoms with Gasteiger partial charge in [-0.1, -0.05) is 199 Å². The number of para-hydroxylation sites is 2. The molecule has 0 N–H and O–H groups in total. The summed E-state index contributed by atoms with van der Waals surface area (Å²) in [5.74, 6) is 0.735. The van der Waals surface area contributed by atoms with Gasteiger partial charge >= 0.3 is 0 Å². The molecule has 5 heteroatoms. The molecule has 5 nitrogen and oxygen atoms in total. The molecule has 0 amide bonds. The quantitative estimate of drug-likeness (QED) is 0.112. The van der Waals surface area contributed by atoms with Crippen molar-refractivity contribution in [1.29, 1.82) is 0 Å². The summed E-state index contributed by atoms with van der Waals surface area (Å²) in [7, 11) is 0. The first-order chi connectivity index (χ1) is 48.9. The van der Waals surface area contributed by atoms with Crippen molar-refractivity contribution in [2.75, 3.05) is 0 Å². The van der Waals surface area contributed by atoms with Crippen LogP contribution in [0.5, 0.6) is 11.5 Å². The highest BCUT2D eigenvalue weighted by Gasteiger charge is 2.27. The van der Waals surface area contributed by atoms with Gasteiger partial charge in [-0.3, -0.25) is 13.7 Å². The normalized spacial score (nSPS) is 16.3. The van der Waals surface area contributed by atoms with Gasteiger partial charge < -0.3 is 4.74 Å². The monoisotopic (exact) mass is 1030 g/mol. The molecular weight excluding hydrogens is 961 g/mol. The Morgan fingerprint density at radius 2 is 1.04 bits per heavy atom. The fourth-order valence-electron chi connectivity index (χ4n) is 10.7. The molecule has 0 radical (unpaired) electrons. The smallest absolute Gasteiger partial charge is 0.269 e. The van der Waals surface area contributed by atoms with E-state index >= 15 is 0 Å². The Labute approximate surface area is 492 Å². The summed E-state index contributed by atoms with van der Waals surface area (Å²) in [6.45, 7) is -5.82. The maximum atomic E-state index is 10.4. The van der Waals surface area contributed by atoms with Gasteiger partial charge in [0.25, 0.3) is 6.33 Å². The molecule has 0 saturated heterocycles. The first-order valence-corrected chi connectivity index (χ1v) is 25.0. The van der Waals surface area contributed by atoms with Crippen molar-refractivity contribution in [3.05, 3.63) is 284 Å². The van der Waals surface area contributed by atoms with E-state index in [0.29, 0.717) is 67.1 Å². The van der Waals surface area contributed by atoms with E-state index in [1.165, 1.54) is 24.4 Å². The van der Waals surface area contributed by atoms with Gasteiger partial charge in [0.15, 0.2) is 0 Å². The fourth-order valence-corrected chi connectivity index (χ4v) is 10.7. The van der Waals surface area contributed by atoms with E-state index in [9.17, 15) is 9.60 Å². The third kappa shape index (κ3) is 7.85. The zero-order valence-corrected chi connectivity index (χ0v) is 41.2. The van der Waals surface area contributed by atoms with Gasteiger partial charge in [-0.25, -0.2) is 4.98 Å². The molecule has 0 unspecified atom stereocenters. The first-order valence-electron chi connectivity index (χ1n) is 37.0. The maximum Gasteiger partial charge on any atom is 0.269 e. The maximum absolute atomic E-state index is 10.4. The number of hydrogen-bond donors (Lipinski definition) is 0. The van der Waals surface area contributed by atoms with Crippen LogP contribution in [0.3, 0.4) is 0 Å². The van der Waals surface area contributed by atoms with Gasteiger partial charge in [0, 0.05) is 36.8 Å². The van der Waals surface area contributed by atoms with E-state index in [1.54, 1.807) is 62.2 Å². The number of rotatable bonds is 8. The lowest BCUT2D eigenvalue weighted by molar-refractivity contribution is -0.570. The van der Waals surface area contributed by atoms with Crippen LogP contribution < -0.4 is 9.30 Å². The van der Waals surface area contributed by atoms with Crippen LogP contribution in [-0.2, 0) is 0 Å². The molecule has 0 aliphatic carbocycles. The lowest BCUT2D eigenvalue weighted by Gasteiger charge is -2.21. The van der Waals surface area contributed by atoms with Crippen molar-refractivity contribution in [2.45, 2.75) is 13.7 Å². The first kappa shape index (κ1) is 27.6. The predicted octanol–water partition coefficient (Wildman–Crippen LogP) is 18.6. The third-order valence-corrected chi connectivity index (χ3v) is 14.1. The summed E-state index contributed by atoms with van der Waals surface area (Å²) in [6.07, 6.45) is 4.77. The minimum atomic E-state index is -2.96. The number of fused-ring (bicyclic) bond motifs is 10. The average molecular weight is 1040 g/mol. The molecule has 1 aliphatic heterocycles. The van der Waals surface area contributed by atoms with E-state index in [2.05, 4.69) is 6.33 Å². The van der Waals surface area contributed by atoms with Crippen LogP contribution in [0.25, 0.3) is 128 Å². The molecule has 0 saturated carbocycles. The van der Waals surface area contributed by atoms with Crippen LogP contribution in [0.4, 0.5) is 0 Å². The summed E-state index contributed by atoms with van der Waals surface area (Å²) >= 11 is 0. The van der Waals surface area contributed by atoms with Crippen molar-refractivity contribution in [1.82, 2.24) is 14.1 Å². The number of hydrogen-bond acceptors (Lipinski definition) is 2. The van der Waals surface area contributed by atoms with Crippen LogP contribution in [0.15, 0.2) is 267 Å². The van der Waals surface area contributed by atoms with Crippen LogP contribution >= 0.6 is 0 Å². The molecule has 4 heterocycles. The molecular formula is C74H50N4O. The number of imidazole rings is 1.